The lowest BCUT2D eigenvalue weighted by Gasteiger charge is -2.34. The van der Waals surface area contributed by atoms with Gasteiger partial charge in [0.1, 0.15) is 5.82 Å². The topological polar surface area (TPSA) is 59.1 Å². The Balaban J connectivity index is 1.65. The van der Waals surface area contributed by atoms with Crippen molar-refractivity contribution in [3.63, 3.8) is 0 Å². The number of carbonyl (C=O) groups is 2. The lowest BCUT2D eigenvalue weighted by atomic mass is 10.2. The highest BCUT2D eigenvalue weighted by molar-refractivity contribution is 5.76. The van der Waals surface area contributed by atoms with Crippen LogP contribution < -0.4 is 4.74 Å². The van der Waals surface area contributed by atoms with Gasteiger partial charge in [0.25, 0.3) is 0 Å². The standard InChI is InChI=1S/C19H26F2N2O4/c1-14(2)13-27-19(25)23-9-7-22(8-10-23)18(24)4-3-11-26-17-6-5-15(20)12-16(17)21/h5-6,12,14H,3-4,7-11,13H2,1-2H3. The van der Waals surface area contributed by atoms with Crippen molar-refractivity contribution in [1.82, 2.24) is 9.80 Å². The van der Waals surface area contributed by atoms with Gasteiger partial charge in [0.2, 0.25) is 5.91 Å². The van der Waals surface area contributed by atoms with E-state index in [1.54, 1.807) is 9.80 Å². The van der Waals surface area contributed by atoms with Crippen LogP contribution in [0, 0.1) is 17.6 Å². The Hall–Kier alpha value is -2.38. The molecule has 2 rings (SSSR count). The molecule has 6 nitrogen and oxygen atoms in total. The van der Waals surface area contributed by atoms with Gasteiger partial charge >= 0.3 is 6.09 Å². The number of amides is 2. The molecule has 0 aliphatic carbocycles. The van der Waals surface area contributed by atoms with Gasteiger partial charge in [-0.05, 0) is 24.5 Å². The zero-order chi connectivity index (χ0) is 19.8. The maximum Gasteiger partial charge on any atom is 0.409 e. The molecule has 0 atom stereocenters. The smallest absolute Gasteiger partial charge is 0.409 e. The number of rotatable bonds is 7. The molecule has 0 radical (unpaired) electrons. The van der Waals surface area contributed by atoms with Crippen LogP contribution in [0.5, 0.6) is 5.75 Å². The molecule has 1 aromatic carbocycles. The Morgan fingerprint density at radius 2 is 1.78 bits per heavy atom. The van der Waals surface area contributed by atoms with Crippen LogP contribution in [0.25, 0.3) is 0 Å². The van der Waals surface area contributed by atoms with Crippen LogP contribution in [-0.4, -0.2) is 61.2 Å². The predicted octanol–water partition coefficient (Wildman–Crippen LogP) is 3.06. The van der Waals surface area contributed by atoms with Crippen molar-refractivity contribution in [3.8, 4) is 5.75 Å². The monoisotopic (exact) mass is 384 g/mol. The number of ether oxygens (including phenoxy) is 2. The van der Waals surface area contributed by atoms with Gasteiger partial charge in [-0.2, -0.15) is 0 Å². The van der Waals surface area contributed by atoms with E-state index >= 15 is 0 Å². The largest absolute Gasteiger partial charge is 0.491 e. The van der Waals surface area contributed by atoms with Crippen molar-refractivity contribution in [2.75, 3.05) is 39.4 Å². The summed E-state index contributed by atoms with van der Waals surface area (Å²) in [4.78, 5) is 27.4. The van der Waals surface area contributed by atoms with Gasteiger partial charge in [0, 0.05) is 38.7 Å². The third-order valence-corrected chi connectivity index (χ3v) is 4.12. The van der Waals surface area contributed by atoms with Crippen LogP contribution in [0.3, 0.4) is 0 Å². The second-order valence-corrected chi connectivity index (χ2v) is 6.87. The molecule has 0 aromatic heterocycles. The molecule has 1 aromatic rings. The number of nitrogens with zero attached hydrogens (tertiary/aromatic N) is 2. The number of benzene rings is 1. The minimum absolute atomic E-state index is 0.0302. The highest BCUT2D eigenvalue weighted by atomic mass is 19.1. The molecule has 27 heavy (non-hydrogen) atoms. The summed E-state index contributed by atoms with van der Waals surface area (Å²) in [5.74, 6) is -1.21. The first-order valence-electron chi connectivity index (χ1n) is 9.14. The molecule has 0 bridgehead atoms. The summed E-state index contributed by atoms with van der Waals surface area (Å²) in [5, 5.41) is 0. The van der Waals surface area contributed by atoms with E-state index < -0.39 is 11.6 Å². The third kappa shape index (κ3) is 6.69. The van der Waals surface area contributed by atoms with E-state index in [2.05, 4.69) is 0 Å². The fraction of sp³-hybridized carbons (Fsp3) is 0.579. The molecule has 0 N–H and O–H groups in total. The van der Waals surface area contributed by atoms with Gasteiger partial charge in [0.05, 0.1) is 13.2 Å². The Labute approximate surface area is 158 Å². The average Bonchev–Trinajstić information content (AvgIpc) is 2.64. The molecule has 1 heterocycles. The van der Waals surface area contributed by atoms with E-state index in [4.69, 9.17) is 9.47 Å². The number of piperazine rings is 1. The number of hydrogen-bond donors (Lipinski definition) is 0. The Kier molecular flexibility index (Phi) is 7.82. The van der Waals surface area contributed by atoms with Crippen LogP contribution in [0.15, 0.2) is 18.2 Å². The maximum absolute atomic E-state index is 13.4. The van der Waals surface area contributed by atoms with Crippen molar-refractivity contribution in [3.05, 3.63) is 29.8 Å². The summed E-state index contributed by atoms with van der Waals surface area (Å²) >= 11 is 0. The second kappa shape index (κ2) is 10.1. The Morgan fingerprint density at radius 1 is 1.11 bits per heavy atom. The summed E-state index contributed by atoms with van der Waals surface area (Å²) in [5.41, 5.74) is 0. The first kappa shape index (κ1) is 20.9. The molecule has 0 unspecified atom stereocenters. The fourth-order valence-corrected chi connectivity index (χ4v) is 2.62. The maximum atomic E-state index is 13.4. The normalized spacial score (nSPS) is 14.4. The van der Waals surface area contributed by atoms with Gasteiger partial charge in [0.15, 0.2) is 11.6 Å². The lowest BCUT2D eigenvalue weighted by Crippen LogP contribution is -2.50. The van der Waals surface area contributed by atoms with Crippen molar-refractivity contribution in [2.45, 2.75) is 26.7 Å². The van der Waals surface area contributed by atoms with Crippen LogP contribution in [0.1, 0.15) is 26.7 Å². The highest BCUT2D eigenvalue weighted by Gasteiger charge is 2.24. The molecule has 1 fully saturated rings. The molecule has 0 spiro atoms. The summed E-state index contributed by atoms with van der Waals surface area (Å²) in [6, 6.07) is 3.10. The number of hydrogen-bond acceptors (Lipinski definition) is 4. The predicted molar refractivity (Wildman–Crippen MR) is 95.4 cm³/mol. The first-order valence-corrected chi connectivity index (χ1v) is 9.14. The summed E-state index contributed by atoms with van der Waals surface area (Å²) in [6.07, 6.45) is 0.345. The zero-order valence-electron chi connectivity index (χ0n) is 15.7. The lowest BCUT2D eigenvalue weighted by molar-refractivity contribution is -0.133. The highest BCUT2D eigenvalue weighted by Crippen LogP contribution is 2.18. The zero-order valence-corrected chi connectivity index (χ0v) is 15.7. The molecule has 2 amide bonds. The van der Waals surface area contributed by atoms with E-state index in [0.717, 1.165) is 12.1 Å². The molecular weight excluding hydrogens is 358 g/mol. The summed E-state index contributed by atoms with van der Waals surface area (Å²) in [6.45, 7) is 6.30. The number of halogens is 2. The van der Waals surface area contributed by atoms with Gasteiger partial charge in [-0.25, -0.2) is 13.6 Å². The summed E-state index contributed by atoms with van der Waals surface area (Å²) < 4.78 is 36.7. The van der Waals surface area contributed by atoms with E-state index in [1.807, 2.05) is 13.8 Å². The van der Waals surface area contributed by atoms with Crippen molar-refractivity contribution in [1.29, 1.82) is 0 Å². The molecule has 1 aliphatic heterocycles. The quantitative estimate of drug-likeness (QED) is 0.678. The van der Waals surface area contributed by atoms with E-state index in [-0.39, 0.29) is 36.7 Å². The first-order chi connectivity index (χ1) is 12.9. The Morgan fingerprint density at radius 3 is 2.41 bits per heavy atom. The SMILES string of the molecule is CC(C)COC(=O)N1CCN(C(=O)CCCOc2ccc(F)cc2F)CC1. The number of carbonyl (C=O) groups excluding carboxylic acids is 2. The molecule has 150 valence electrons. The molecule has 0 saturated carbocycles. The van der Waals surface area contributed by atoms with E-state index in [9.17, 15) is 18.4 Å². The average molecular weight is 384 g/mol. The van der Waals surface area contributed by atoms with Crippen molar-refractivity contribution < 1.29 is 27.8 Å². The van der Waals surface area contributed by atoms with Crippen molar-refractivity contribution >= 4 is 12.0 Å². The second-order valence-electron chi connectivity index (χ2n) is 6.87. The minimum atomic E-state index is -0.762. The van der Waals surface area contributed by atoms with Crippen LogP contribution in [-0.2, 0) is 9.53 Å². The third-order valence-electron chi connectivity index (χ3n) is 4.12. The van der Waals surface area contributed by atoms with Crippen LogP contribution >= 0.6 is 0 Å². The van der Waals surface area contributed by atoms with E-state index in [1.165, 1.54) is 6.07 Å². The fourth-order valence-electron chi connectivity index (χ4n) is 2.62. The minimum Gasteiger partial charge on any atom is -0.491 e. The van der Waals surface area contributed by atoms with Crippen LogP contribution in [0.2, 0.25) is 0 Å². The van der Waals surface area contributed by atoms with Gasteiger partial charge in [-0.3, -0.25) is 4.79 Å². The van der Waals surface area contributed by atoms with Gasteiger partial charge < -0.3 is 19.3 Å². The van der Waals surface area contributed by atoms with Gasteiger partial charge in [-0.15, -0.1) is 0 Å². The van der Waals surface area contributed by atoms with Crippen molar-refractivity contribution in [2.24, 2.45) is 5.92 Å². The van der Waals surface area contributed by atoms with E-state index in [0.29, 0.717) is 39.2 Å². The van der Waals surface area contributed by atoms with Crippen LogP contribution in [0.4, 0.5) is 13.6 Å². The molecular formula is C19H26F2N2O4. The molecule has 8 heteroatoms. The molecule has 1 aliphatic rings. The molecule has 1 saturated heterocycles. The summed E-state index contributed by atoms with van der Waals surface area (Å²) in [7, 11) is 0. The van der Waals surface area contributed by atoms with Gasteiger partial charge in [-0.1, -0.05) is 13.8 Å². The Bertz CT molecular complexity index is 647.